The number of aldehydes is 1. The fraction of sp³-hybridized carbons (Fsp3) is 0.391. The molecule has 0 radical (unpaired) electrons. The average Bonchev–Trinajstić information content (AvgIpc) is 2.58. The van der Waals surface area contributed by atoms with Gasteiger partial charge in [0.1, 0.15) is 24.2 Å². The van der Waals surface area contributed by atoms with E-state index in [1.165, 1.54) is 0 Å². The molecule has 0 saturated heterocycles. The highest BCUT2D eigenvalue weighted by atomic mass is 16.6. The third kappa shape index (κ3) is 5.59. The van der Waals surface area contributed by atoms with Gasteiger partial charge >= 0.3 is 6.09 Å². The first-order chi connectivity index (χ1) is 13.1. The van der Waals surface area contributed by atoms with Gasteiger partial charge in [-0.3, -0.25) is 4.79 Å². The first kappa shape index (κ1) is 21.5. The van der Waals surface area contributed by atoms with Crippen LogP contribution < -0.4 is 10.1 Å². The van der Waals surface area contributed by atoms with Crippen LogP contribution in [0, 0.1) is 20.8 Å². The zero-order valence-electron chi connectivity index (χ0n) is 17.5. The monoisotopic (exact) mass is 383 g/mol. The number of hydrogen-bond acceptors (Lipinski definition) is 4. The van der Waals surface area contributed by atoms with Crippen LogP contribution in [0.1, 0.15) is 47.8 Å². The van der Waals surface area contributed by atoms with Gasteiger partial charge in [-0.15, -0.1) is 0 Å². The van der Waals surface area contributed by atoms with Gasteiger partial charge in [-0.2, -0.15) is 0 Å². The van der Waals surface area contributed by atoms with Gasteiger partial charge in [-0.1, -0.05) is 18.2 Å². The van der Waals surface area contributed by atoms with Gasteiger partial charge in [-0.25, -0.2) is 4.79 Å². The van der Waals surface area contributed by atoms with Crippen molar-refractivity contribution in [1.82, 2.24) is 5.32 Å². The van der Waals surface area contributed by atoms with E-state index in [0.29, 0.717) is 18.7 Å². The minimum absolute atomic E-state index is 0.344. The number of ether oxygens (including phenoxy) is 2. The van der Waals surface area contributed by atoms with Crippen LogP contribution in [0.5, 0.6) is 5.75 Å². The van der Waals surface area contributed by atoms with Crippen molar-refractivity contribution in [3.63, 3.8) is 0 Å². The fourth-order valence-electron chi connectivity index (χ4n) is 3.12. The summed E-state index contributed by atoms with van der Waals surface area (Å²) >= 11 is 0. The topological polar surface area (TPSA) is 64.6 Å². The minimum atomic E-state index is -0.520. The Morgan fingerprint density at radius 2 is 1.75 bits per heavy atom. The van der Waals surface area contributed by atoms with Crippen LogP contribution in [0.3, 0.4) is 0 Å². The lowest BCUT2D eigenvalue weighted by molar-refractivity contribution is 0.0520. The van der Waals surface area contributed by atoms with Crippen LogP contribution in [0.15, 0.2) is 30.3 Å². The number of carbonyl (C=O) groups is 2. The van der Waals surface area contributed by atoms with Crippen molar-refractivity contribution in [2.75, 3.05) is 13.2 Å². The molecule has 1 N–H and O–H groups in total. The van der Waals surface area contributed by atoms with Crippen LogP contribution in [0.4, 0.5) is 4.79 Å². The molecule has 0 aliphatic carbocycles. The summed E-state index contributed by atoms with van der Waals surface area (Å²) in [5.74, 6) is 0.744. The lowest BCUT2D eigenvalue weighted by atomic mass is 9.90. The van der Waals surface area contributed by atoms with E-state index in [2.05, 4.69) is 5.32 Å². The Labute approximate surface area is 167 Å². The summed E-state index contributed by atoms with van der Waals surface area (Å²) in [4.78, 5) is 22.9. The lowest BCUT2D eigenvalue weighted by Gasteiger charge is -2.20. The predicted molar refractivity (Wildman–Crippen MR) is 111 cm³/mol. The maximum atomic E-state index is 11.7. The highest BCUT2D eigenvalue weighted by molar-refractivity contribution is 5.84. The van der Waals surface area contributed by atoms with E-state index in [1.54, 1.807) is 0 Å². The number of carbonyl (C=O) groups excluding carboxylic acids is 2. The summed E-state index contributed by atoms with van der Waals surface area (Å²) in [5.41, 5.74) is 5.46. The van der Waals surface area contributed by atoms with Crippen molar-refractivity contribution < 1.29 is 19.1 Å². The van der Waals surface area contributed by atoms with Gasteiger partial charge in [0.2, 0.25) is 0 Å². The van der Waals surface area contributed by atoms with Crippen LogP contribution in [-0.2, 0) is 4.74 Å². The van der Waals surface area contributed by atoms with Gasteiger partial charge in [0.25, 0.3) is 0 Å². The molecule has 0 unspecified atom stereocenters. The van der Waals surface area contributed by atoms with Crippen LogP contribution in [0.25, 0.3) is 11.1 Å². The third-order valence-electron chi connectivity index (χ3n) is 4.32. The molecule has 2 aromatic rings. The fourth-order valence-corrected chi connectivity index (χ4v) is 3.12. The first-order valence-electron chi connectivity index (χ1n) is 9.38. The van der Waals surface area contributed by atoms with E-state index in [4.69, 9.17) is 9.47 Å². The van der Waals surface area contributed by atoms with Gasteiger partial charge in [-0.05, 0) is 81.5 Å². The maximum absolute atomic E-state index is 11.7. The van der Waals surface area contributed by atoms with Crippen molar-refractivity contribution >= 4 is 12.4 Å². The van der Waals surface area contributed by atoms with Crippen LogP contribution >= 0.6 is 0 Å². The predicted octanol–water partition coefficient (Wildman–Crippen LogP) is 4.99. The molecule has 2 rings (SSSR count). The summed E-state index contributed by atoms with van der Waals surface area (Å²) in [6.07, 6.45) is 0.433. The molecule has 0 heterocycles. The Morgan fingerprint density at radius 3 is 2.32 bits per heavy atom. The largest absolute Gasteiger partial charge is 0.492 e. The number of amides is 1. The summed E-state index contributed by atoms with van der Waals surface area (Å²) in [7, 11) is 0. The van der Waals surface area contributed by atoms with Crippen molar-refractivity contribution in [2.45, 2.75) is 47.1 Å². The summed E-state index contributed by atoms with van der Waals surface area (Å²) < 4.78 is 11.0. The van der Waals surface area contributed by atoms with Crippen LogP contribution in [-0.4, -0.2) is 31.1 Å². The SMILES string of the molecule is Cc1cc(OCCNC(=O)OC(C)(C)C)cc(C)c1-c1cccc(C=O)c1C. The second kappa shape index (κ2) is 8.91. The second-order valence-corrected chi connectivity index (χ2v) is 7.85. The smallest absolute Gasteiger partial charge is 0.407 e. The highest BCUT2D eigenvalue weighted by Gasteiger charge is 2.16. The molecule has 1 amide bonds. The molecule has 0 spiro atoms. The Morgan fingerprint density at radius 1 is 1.11 bits per heavy atom. The van der Waals surface area contributed by atoms with Gasteiger partial charge in [0.05, 0.1) is 6.54 Å². The third-order valence-corrected chi connectivity index (χ3v) is 4.32. The zero-order chi connectivity index (χ0) is 20.9. The lowest BCUT2D eigenvalue weighted by Crippen LogP contribution is -2.34. The van der Waals surface area contributed by atoms with E-state index < -0.39 is 11.7 Å². The van der Waals surface area contributed by atoms with E-state index in [1.807, 2.05) is 71.9 Å². The Kier molecular flexibility index (Phi) is 6.84. The zero-order valence-corrected chi connectivity index (χ0v) is 17.5. The van der Waals surface area contributed by atoms with Crippen molar-refractivity contribution in [3.8, 4) is 16.9 Å². The number of alkyl carbamates (subject to hydrolysis) is 1. The average molecular weight is 383 g/mol. The molecule has 0 fully saturated rings. The molecule has 0 saturated carbocycles. The summed E-state index contributed by atoms with van der Waals surface area (Å²) in [6.45, 7) is 12.2. The van der Waals surface area contributed by atoms with Gasteiger partial charge in [0, 0.05) is 5.56 Å². The van der Waals surface area contributed by atoms with Gasteiger partial charge < -0.3 is 14.8 Å². The Bertz CT molecular complexity index is 842. The molecule has 28 heavy (non-hydrogen) atoms. The van der Waals surface area contributed by atoms with E-state index in [-0.39, 0.29) is 0 Å². The molecule has 0 bridgehead atoms. The minimum Gasteiger partial charge on any atom is -0.492 e. The number of aryl methyl sites for hydroxylation is 2. The van der Waals surface area contributed by atoms with Crippen molar-refractivity contribution in [3.05, 3.63) is 52.6 Å². The Balaban J connectivity index is 2.06. The molecule has 2 aromatic carbocycles. The van der Waals surface area contributed by atoms with Crippen molar-refractivity contribution in [2.24, 2.45) is 0 Å². The number of nitrogens with one attached hydrogen (secondary N) is 1. The summed E-state index contributed by atoms with van der Waals surface area (Å²) in [5, 5.41) is 2.68. The molecule has 150 valence electrons. The highest BCUT2D eigenvalue weighted by Crippen LogP contribution is 2.33. The normalized spacial score (nSPS) is 11.1. The van der Waals surface area contributed by atoms with Gasteiger partial charge in [0.15, 0.2) is 0 Å². The standard InChI is InChI=1S/C23H29NO4/c1-15-12-19(27-11-10-24-22(26)28-23(4,5)6)13-16(2)21(15)20-9-7-8-18(14-25)17(20)3/h7-9,12-14H,10-11H2,1-6H3,(H,24,26). The molecule has 0 aliphatic heterocycles. The van der Waals surface area contributed by atoms with Crippen LogP contribution in [0.2, 0.25) is 0 Å². The molecule has 5 heteroatoms. The first-order valence-corrected chi connectivity index (χ1v) is 9.38. The van der Waals surface area contributed by atoms with E-state index in [9.17, 15) is 9.59 Å². The van der Waals surface area contributed by atoms with Crippen molar-refractivity contribution in [1.29, 1.82) is 0 Å². The summed E-state index contributed by atoms with van der Waals surface area (Å²) in [6, 6.07) is 9.71. The van der Waals surface area contributed by atoms with E-state index >= 15 is 0 Å². The molecule has 0 atom stereocenters. The number of rotatable bonds is 6. The number of benzene rings is 2. The quantitative estimate of drug-likeness (QED) is 0.563. The Hall–Kier alpha value is -2.82. The molecule has 5 nitrogen and oxygen atoms in total. The second-order valence-electron chi connectivity index (χ2n) is 7.85. The molecule has 0 aromatic heterocycles. The molecule has 0 aliphatic rings. The molecular formula is C23H29NO4. The van der Waals surface area contributed by atoms with E-state index in [0.717, 1.165) is 39.9 Å². The maximum Gasteiger partial charge on any atom is 0.407 e. The molecular weight excluding hydrogens is 354 g/mol. The number of hydrogen-bond donors (Lipinski definition) is 1.